The number of aryl methyl sites for hydroxylation is 2. The summed E-state index contributed by atoms with van der Waals surface area (Å²) in [6, 6.07) is 11.3. The van der Waals surface area contributed by atoms with E-state index in [1.54, 1.807) is 36.4 Å². The van der Waals surface area contributed by atoms with Crippen molar-refractivity contribution in [3.8, 4) is 0 Å². The quantitative estimate of drug-likeness (QED) is 0.741. The third-order valence-electron chi connectivity index (χ3n) is 4.11. The van der Waals surface area contributed by atoms with Crippen LogP contribution in [0.15, 0.2) is 47.4 Å². The Kier molecular flexibility index (Phi) is 6.88. The van der Waals surface area contributed by atoms with Crippen LogP contribution < -0.4 is 10.0 Å². The highest BCUT2D eigenvalue weighted by Crippen LogP contribution is 2.14. The van der Waals surface area contributed by atoms with Crippen molar-refractivity contribution in [2.45, 2.75) is 31.6 Å². The number of hydrogen-bond acceptors (Lipinski definition) is 3. The van der Waals surface area contributed by atoms with Gasteiger partial charge in [-0.25, -0.2) is 17.5 Å². The van der Waals surface area contributed by atoms with Crippen molar-refractivity contribution in [2.75, 3.05) is 13.1 Å². The molecule has 2 aromatic carbocycles. The van der Waals surface area contributed by atoms with E-state index >= 15 is 0 Å². The lowest BCUT2D eigenvalue weighted by Gasteiger charge is -2.09. The first kappa shape index (κ1) is 20.1. The molecule has 26 heavy (non-hydrogen) atoms. The van der Waals surface area contributed by atoms with Gasteiger partial charge in [-0.05, 0) is 55.2 Å². The average Bonchev–Trinajstić information content (AvgIpc) is 2.59. The van der Waals surface area contributed by atoms with Crippen LogP contribution in [0.1, 0.15) is 23.1 Å². The smallest absolute Gasteiger partial charge is 0.240 e. The van der Waals surface area contributed by atoms with Crippen LogP contribution in [0, 0.1) is 19.7 Å². The Bertz CT molecular complexity index is 882. The summed E-state index contributed by atoms with van der Waals surface area (Å²) in [5.41, 5.74) is 2.43. The maximum absolute atomic E-state index is 13.5. The molecule has 2 rings (SSSR count). The molecule has 0 bridgehead atoms. The number of nitrogens with one attached hydrogen (secondary N) is 2. The van der Waals surface area contributed by atoms with Gasteiger partial charge in [0, 0.05) is 19.5 Å². The molecular formula is C19H23FN2O3S. The Morgan fingerprint density at radius 3 is 2.46 bits per heavy atom. The van der Waals surface area contributed by atoms with Gasteiger partial charge >= 0.3 is 0 Å². The van der Waals surface area contributed by atoms with Gasteiger partial charge in [-0.15, -0.1) is 0 Å². The summed E-state index contributed by atoms with van der Waals surface area (Å²) in [4.78, 5) is 12.0. The fourth-order valence-electron chi connectivity index (χ4n) is 2.39. The molecule has 5 nitrogen and oxygen atoms in total. The third-order valence-corrected chi connectivity index (χ3v) is 5.57. The van der Waals surface area contributed by atoms with E-state index < -0.39 is 10.0 Å². The topological polar surface area (TPSA) is 75.3 Å². The fraction of sp³-hybridized carbons (Fsp3) is 0.316. The summed E-state index contributed by atoms with van der Waals surface area (Å²) in [6.07, 6.45) is 0.397. The second-order valence-electron chi connectivity index (χ2n) is 6.09. The molecule has 7 heteroatoms. The van der Waals surface area contributed by atoms with Gasteiger partial charge in [-0.1, -0.05) is 24.3 Å². The number of carbonyl (C=O) groups is 1. The van der Waals surface area contributed by atoms with Crippen molar-refractivity contribution in [3.05, 3.63) is 65.0 Å². The molecule has 0 unspecified atom stereocenters. The van der Waals surface area contributed by atoms with Gasteiger partial charge in [-0.3, -0.25) is 4.79 Å². The first-order valence-electron chi connectivity index (χ1n) is 8.36. The highest BCUT2D eigenvalue weighted by Gasteiger charge is 2.14. The minimum Gasteiger partial charge on any atom is -0.356 e. The van der Waals surface area contributed by atoms with E-state index in [-0.39, 0.29) is 29.6 Å². The van der Waals surface area contributed by atoms with Gasteiger partial charge in [0.15, 0.2) is 0 Å². The summed E-state index contributed by atoms with van der Waals surface area (Å²) in [6.45, 7) is 4.05. The van der Waals surface area contributed by atoms with Gasteiger partial charge in [0.05, 0.1) is 4.90 Å². The van der Waals surface area contributed by atoms with Crippen LogP contribution in [0.25, 0.3) is 0 Å². The highest BCUT2D eigenvalue weighted by atomic mass is 32.2. The third kappa shape index (κ3) is 5.64. The molecule has 0 saturated carbocycles. The number of benzene rings is 2. The number of amides is 1. The Labute approximate surface area is 153 Å². The van der Waals surface area contributed by atoms with Crippen molar-refractivity contribution >= 4 is 15.9 Å². The number of hydrogen-bond donors (Lipinski definition) is 2. The van der Waals surface area contributed by atoms with E-state index in [0.717, 1.165) is 11.1 Å². The molecule has 2 aromatic rings. The number of sulfonamides is 1. The lowest BCUT2D eigenvalue weighted by atomic mass is 10.1. The van der Waals surface area contributed by atoms with Crippen LogP contribution >= 0.6 is 0 Å². The standard InChI is InChI=1S/C19H23FN2O3S/c1-14-7-8-17(13-15(14)2)26(24,25)22-12-10-19(23)21-11-9-16-5-3-4-6-18(16)20/h3-8,13,22H,9-12H2,1-2H3,(H,21,23). The van der Waals surface area contributed by atoms with Gasteiger partial charge < -0.3 is 5.32 Å². The molecular weight excluding hydrogens is 355 g/mol. The largest absolute Gasteiger partial charge is 0.356 e. The van der Waals surface area contributed by atoms with Gasteiger partial charge in [-0.2, -0.15) is 0 Å². The summed E-state index contributed by atoms with van der Waals surface area (Å²) < 4.78 is 40.4. The summed E-state index contributed by atoms with van der Waals surface area (Å²) in [7, 11) is -3.64. The molecule has 1 amide bonds. The monoisotopic (exact) mass is 378 g/mol. The average molecular weight is 378 g/mol. The van der Waals surface area contributed by atoms with E-state index in [0.29, 0.717) is 18.5 Å². The van der Waals surface area contributed by atoms with Crippen LogP contribution in [0.4, 0.5) is 4.39 Å². The van der Waals surface area contributed by atoms with Crippen LogP contribution in [-0.4, -0.2) is 27.4 Å². The zero-order valence-corrected chi connectivity index (χ0v) is 15.7. The van der Waals surface area contributed by atoms with E-state index in [4.69, 9.17) is 0 Å². The number of carbonyl (C=O) groups excluding carboxylic acids is 1. The Morgan fingerprint density at radius 1 is 1.04 bits per heavy atom. The molecule has 2 N–H and O–H groups in total. The minimum absolute atomic E-state index is 0.000783. The van der Waals surface area contributed by atoms with Crippen LogP contribution in [0.3, 0.4) is 0 Å². The molecule has 0 aromatic heterocycles. The molecule has 0 fully saturated rings. The van der Waals surface area contributed by atoms with Crippen molar-refractivity contribution in [2.24, 2.45) is 0 Å². The predicted molar refractivity (Wildman–Crippen MR) is 98.8 cm³/mol. The SMILES string of the molecule is Cc1ccc(S(=O)(=O)NCCC(=O)NCCc2ccccc2F)cc1C. The number of rotatable bonds is 8. The van der Waals surface area contributed by atoms with E-state index in [2.05, 4.69) is 10.0 Å². The van der Waals surface area contributed by atoms with E-state index in [9.17, 15) is 17.6 Å². The highest BCUT2D eigenvalue weighted by molar-refractivity contribution is 7.89. The molecule has 0 saturated heterocycles. The second kappa shape index (κ2) is 8.91. The molecule has 0 heterocycles. The van der Waals surface area contributed by atoms with Crippen molar-refractivity contribution < 1.29 is 17.6 Å². The maximum Gasteiger partial charge on any atom is 0.240 e. The van der Waals surface area contributed by atoms with Crippen molar-refractivity contribution in [1.29, 1.82) is 0 Å². The van der Waals surface area contributed by atoms with Gasteiger partial charge in [0.1, 0.15) is 5.82 Å². The lowest BCUT2D eigenvalue weighted by molar-refractivity contribution is -0.120. The van der Waals surface area contributed by atoms with Crippen molar-refractivity contribution in [3.63, 3.8) is 0 Å². The molecule has 0 aliphatic rings. The number of halogens is 1. The Morgan fingerprint density at radius 2 is 1.77 bits per heavy atom. The molecule has 0 atom stereocenters. The molecule has 0 aliphatic carbocycles. The Hall–Kier alpha value is -2.25. The summed E-state index contributed by atoms with van der Waals surface area (Å²) in [5, 5.41) is 2.66. The Balaban J connectivity index is 1.77. The summed E-state index contributed by atoms with van der Waals surface area (Å²) in [5.74, 6) is -0.591. The van der Waals surface area contributed by atoms with E-state index in [1.165, 1.54) is 6.07 Å². The van der Waals surface area contributed by atoms with Gasteiger partial charge in [0.2, 0.25) is 15.9 Å². The molecule has 0 aliphatic heterocycles. The maximum atomic E-state index is 13.5. The summed E-state index contributed by atoms with van der Waals surface area (Å²) >= 11 is 0. The first-order chi connectivity index (χ1) is 12.3. The fourth-order valence-corrected chi connectivity index (χ4v) is 3.51. The van der Waals surface area contributed by atoms with Crippen LogP contribution in [0.2, 0.25) is 0 Å². The predicted octanol–water partition coefficient (Wildman–Crippen LogP) is 2.47. The molecule has 0 radical (unpaired) electrons. The van der Waals surface area contributed by atoms with Crippen LogP contribution in [0.5, 0.6) is 0 Å². The normalized spacial score (nSPS) is 11.3. The van der Waals surface area contributed by atoms with E-state index in [1.807, 2.05) is 13.8 Å². The molecule has 0 spiro atoms. The van der Waals surface area contributed by atoms with Crippen molar-refractivity contribution in [1.82, 2.24) is 10.0 Å². The first-order valence-corrected chi connectivity index (χ1v) is 9.85. The zero-order valence-electron chi connectivity index (χ0n) is 14.9. The van der Waals surface area contributed by atoms with Crippen LogP contribution in [-0.2, 0) is 21.2 Å². The minimum atomic E-state index is -3.64. The lowest BCUT2D eigenvalue weighted by Crippen LogP contribution is -2.31. The zero-order chi connectivity index (χ0) is 19.2. The van der Waals surface area contributed by atoms with Gasteiger partial charge in [0.25, 0.3) is 0 Å². The second-order valence-corrected chi connectivity index (χ2v) is 7.85. The molecule has 140 valence electrons.